The molecule has 2 aromatic carbocycles. The molecular weight excluding hydrogens is 426 g/mol. The number of rotatable bonds is 2. The predicted octanol–water partition coefficient (Wildman–Crippen LogP) is 5.97. The molecular formula is C24H22BrN3O. The van der Waals surface area contributed by atoms with E-state index in [1.54, 1.807) is 0 Å². The first-order valence-electron chi connectivity index (χ1n) is 9.85. The van der Waals surface area contributed by atoms with E-state index in [2.05, 4.69) is 65.4 Å². The van der Waals surface area contributed by atoms with Crippen molar-refractivity contribution in [1.82, 2.24) is 9.78 Å². The van der Waals surface area contributed by atoms with Gasteiger partial charge in [0.25, 0.3) is 0 Å². The van der Waals surface area contributed by atoms with Crippen molar-refractivity contribution in [2.24, 2.45) is 5.41 Å². The fourth-order valence-electron chi connectivity index (χ4n) is 4.43. The van der Waals surface area contributed by atoms with Crippen LogP contribution in [0.3, 0.4) is 0 Å². The molecule has 3 aromatic rings. The Morgan fingerprint density at radius 1 is 1.07 bits per heavy atom. The zero-order valence-corrected chi connectivity index (χ0v) is 18.0. The van der Waals surface area contributed by atoms with Gasteiger partial charge in [0.1, 0.15) is 11.9 Å². The molecule has 0 saturated carbocycles. The van der Waals surface area contributed by atoms with Crippen LogP contribution in [0, 0.1) is 5.41 Å². The van der Waals surface area contributed by atoms with Crippen LogP contribution in [0.5, 0.6) is 0 Å². The quantitative estimate of drug-likeness (QED) is 0.526. The summed E-state index contributed by atoms with van der Waals surface area (Å²) in [4.78, 5) is 13.2. The molecule has 146 valence electrons. The summed E-state index contributed by atoms with van der Waals surface area (Å²) in [5.41, 5.74) is 4.88. The van der Waals surface area contributed by atoms with Crippen LogP contribution in [-0.2, 0) is 4.79 Å². The molecule has 1 unspecified atom stereocenters. The number of ketones is 1. The van der Waals surface area contributed by atoms with Crippen molar-refractivity contribution in [3.63, 3.8) is 0 Å². The predicted molar refractivity (Wildman–Crippen MR) is 119 cm³/mol. The number of anilines is 1. The van der Waals surface area contributed by atoms with Crippen LogP contribution in [0.25, 0.3) is 11.3 Å². The number of benzene rings is 2. The van der Waals surface area contributed by atoms with Crippen LogP contribution in [0.2, 0.25) is 0 Å². The molecule has 0 amide bonds. The number of fused-ring (bicyclic) bond motifs is 1. The summed E-state index contributed by atoms with van der Waals surface area (Å²) >= 11 is 3.52. The molecule has 5 heteroatoms. The molecule has 1 aromatic heterocycles. The van der Waals surface area contributed by atoms with Gasteiger partial charge in [-0.05, 0) is 29.5 Å². The molecule has 5 rings (SSSR count). The van der Waals surface area contributed by atoms with Crippen molar-refractivity contribution in [2.45, 2.75) is 32.7 Å². The summed E-state index contributed by atoms with van der Waals surface area (Å²) in [6.45, 7) is 4.32. The molecule has 0 fully saturated rings. The molecule has 1 aliphatic carbocycles. The third-order valence-electron chi connectivity index (χ3n) is 5.71. The first-order chi connectivity index (χ1) is 13.9. The molecule has 29 heavy (non-hydrogen) atoms. The van der Waals surface area contributed by atoms with Gasteiger partial charge in [-0.3, -0.25) is 4.79 Å². The molecule has 0 spiro atoms. The van der Waals surface area contributed by atoms with Crippen LogP contribution in [-0.4, -0.2) is 15.6 Å². The normalized spacial score (nSPS) is 20.1. The Balaban J connectivity index is 1.69. The maximum Gasteiger partial charge on any atom is 0.163 e. The number of halogens is 1. The Kier molecular flexibility index (Phi) is 4.24. The number of nitrogens with one attached hydrogen (secondary N) is 1. The van der Waals surface area contributed by atoms with Crippen LogP contribution >= 0.6 is 15.9 Å². The van der Waals surface area contributed by atoms with Crippen molar-refractivity contribution >= 4 is 27.5 Å². The number of carbonyl (C=O) groups is 1. The summed E-state index contributed by atoms with van der Waals surface area (Å²) in [6.07, 6.45) is 1.41. The lowest BCUT2D eigenvalue weighted by atomic mass is 9.73. The van der Waals surface area contributed by atoms with E-state index in [4.69, 9.17) is 5.10 Å². The fourth-order valence-corrected chi connectivity index (χ4v) is 4.69. The van der Waals surface area contributed by atoms with Gasteiger partial charge in [-0.25, -0.2) is 4.68 Å². The second kappa shape index (κ2) is 6.70. The lowest BCUT2D eigenvalue weighted by Crippen LogP contribution is -2.36. The van der Waals surface area contributed by atoms with Gasteiger partial charge < -0.3 is 5.32 Å². The maximum absolute atomic E-state index is 13.2. The van der Waals surface area contributed by atoms with Gasteiger partial charge in [-0.2, -0.15) is 5.10 Å². The first-order valence-corrected chi connectivity index (χ1v) is 10.6. The zero-order chi connectivity index (χ0) is 20.2. The van der Waals surface area contributed by atoms with Gasteiger partial charge in [0, 0.05) is 33.8 Å². The van der Waals surface area contributed by atoms with Crippen LogP contribution < -0.4 is 5.32 Å². The molecule has 0 saturated heterocycles. The molecule has 2 heterocycles. The van der Waals surface area contributed by atoms with E-state index < -0.39 is 0 Å². The monoisotopic (exact) mass is 447 g/mol. The molecule has 2 aliphatic rings. The highest BCUT2D eigenvalue weighted by Gasteiger charge is 2.41. The van der Waals surface area contributed by atoms with E-state index in [1.165, 1.54) is 0 Å². The molecule has 0 radical (unpaired) electrons. The largest absolute Gasteiger partial charge is 0.343 e. The SMILES string of the molecule is CC1(C)CC(=O)C2=C(C1)Nc1cc(-c3ccccc3)nn1C2c1ccc(Br)cc1. The fraction of sp³-hybridized carbons (Fsp3) is 0.250. The summed E-state index contributed by atoms with van der Waals surface area (Å²) in [5, 5.41) is 8.46. The van der Waals surface area contributed by atoms with Crippen molar-refractivity contribution in [3.8, 4) is 11.3 Å². The molecule has 1 aliphatic heterocycles. The van der Waals surface area contributed by atoms with Crippen LogP contribution in [0.1, 0.15) is 38.3 Å². The topological polar surface area (TPSA) is 46.9 Å². The summed E-state index contributed by atoms with van der Waals surface area (Å²) in [7, 11) is 0. The molecule has 1 atom stereocenters. The van der Waals surface area contributed by atoms with Gasteiger partial charge >= 0.3 is 0 Å². The summed E-state index contributed by atoms with van der Waals surface area (Å²) in [5.74, 6) is 1.14. The summed E-state index contributed by atoms with van der Waals surface area (Å²) in [6, 6.07) is 20.2. The molecule has 4 nitrogen and oxygen atoms in total. The van der Waals surface area contributed by atoms with Crippen LogP contribution in [0.15, 0.2) is 76.4 Å². The van der Waals surface area contributed by atoms with Gasteiger partial charge in [-0.1, -0.05) is 72.2 Å². The second-order valence-electron chi connectivity index (χ2n) is 8.64. The van der Waals surface area contributed by atoms with Gasteiger partial charge in [0.15, 0.2) is 5.78 Å². The van der Waals surface area contributed by atoms with E-state index >= 15 is 0 Å². The third kappa shape index (κ3) is 3.23. The van der Waals surface area contributed by atoms with Gasteiger partial charge in [-0.15, -0.1) is 0 Å². The Hall–Kier alpha value is -2.66. The number of hydrogen-bond acceptors (Lipinski definition) is 3. The number of nitrogens with zero attached hydrogens (tertiary/aromatic N) is 2. The van der Waals surface area contributed by atoms with Crippen molar-refractivity contribution in [2.75, 3.05) is 5.32 Å². The Labute approximate surface area is 178 Å². The smallest absolute Gasteiger partial charge is 0.163 e. The van der Waals surface area contributed by atoms with Gasteiger partial charge in [0.05, 0.1) is 5.69 Å². The number of carbonyl (C=O) groups excluding carboxylic acids is 1. The minimum absolute atomic E-state index is 0.0440. The number of hydrogen-bond donors (Lipinski definition) is 1. The maximum atomic E-state index is 13.2. The lowest BCUT2D eigenvalue weighted by molar-refractivity contribution is -0.118. The van der Waals surface area contributed by atoms with Gasteiger partial charge in [0.2, 0.25) is 0 Å². The Bertz CT molecular complexity index is 1130. The highest BCUT2D eigenvalue weighted by atomic mass is 79.9. The highest BCUT2D eigenvalue weighted by molar-refractivity contribution is 9.10. The standard InChI is InChI=1S/C24H22BrN3O/c1-24(2)13-19-22(20(29)14-24)23(16-8-10-17(25)11-9-16)28-21(26-19)12-18(27-28)15-6-4-3-5-7-15/h3-12,23,26H,13-14H2,1-2H3. The zero-order valence-electron chi connectivity index (χ0n) is 16.4. The molecule has 0 bridgehead atoms. The van der Waals surface area contributed by atoms with E-state index in [0.717, 1.165) is 44.8 Å². The van der Waals surface area contributed by atoms with E-state index in [1.807, 2.05) is 35.0 Å². The lowest BCUT2D eigenvalue weighted by Gasteiger charge is -2.38. The van der Waals surface area contributed by atoms with E-state index in [9.17, 15) is 4.79 Å². The first kappa shape index (κ1) is 18.4. The highest BCUT2D eigenvalue weighted by Crippen LogP contribution is 2.46. The Morgan fingerprint density at radius 3 is 2.52 bits per heavy atom. The average molecular weight is 448 g/mol. The van der Waals surface area contributed by atoms with Crippen LogP contribution in [0.4, 0.5) is 5.82 Å². The minimum Gasteiger partial charge on any atom is -0.343 e. The van der Waals surface area contributed by atoms with Crippen molar-refractivity contribution < 1.29 is 4.79 Å². The molecule has 1 N–H and O–H groups in total. The van der Waals surface area contributed by atoms with E-state index in [0.29, 0.717) is 6.42 Å². The summed E-state index contributed by atoms with van der Waals surface area (Å²) < 4.78 is 2.99. The number of Topliss-reactive ketones (excluding diaryl/α,β-unsaturated/α-hetero) is 1. The van der Waals surface area contributed by atoms with Crippen molar-refractivity contribution in [1.29, 1.82) is 0 Å². The number of aromatic nitrogens is 2. The average Bonchev–Trinajstić information content (AvgIpc) is 3.10. The Morgan fingerprint density at radius 2 is 1.79 bits per heavy atom. The second-order valence-corrected chi connectivity index (χ2v) is 9.55. The van der Waals surface area contributed by atoms with E-state index in [-0.39, 0.29) is 17.2 Å². The minimum atomic E-state index is -0.213. The third-order valence-corrected chi connectivity index (χ3v) is 6.24. The number of allylic oxidation sites excluding steroid dienone is 2. The van der Waals surface area contributed by atoms with Crippen molar-refractivity contribution in [3.05, 3.63) is 82.0 Å².